The normalized spacial score (nSPS) is 14.5. The van der Waals surface area contributed by atoms with Crippen molar-refractivity contribution < 1.29 is 14.3 Å². The zero-order chi connectivity index (χ0) is 28.3. The fraction of sp³-hybridized carbons (Fsp3) is 0.500. The van der Waals surface area contributed by atoms with E-state index < -0.39 is 0 Å². The highest BCUT2D eigenvalue weighted by Crippen LogP contribution is 2.19. The number of piperidine rings is 1. The van der Waals surface area contributed by atoms with Gasteiger partial charge in [0, 0.05) is 69.8 Å². The SMILES string of the molecule is C=CC/C=C(/Cl)C/C=C\CN(C)C(=O)N(/N=C/c1ccncc1Cl)C1CCN(C=O)CC1.COCC(C)C. The topological polar surface area (TPSA) is 78.3 Å². The highest BCUT2D eigenvalue weighted by atomic mass is 35.5. The van der Waals surface area contributed by atoms with E-state index in [4.69, 9.17) is 27.9 Å². The van der Waals surface area contributed by atoms with Crippen molar-refractivity contribution >= 4 is 41.9 Å². The highest BCUT2D eigenvalue weighted by Gasteiger charge is 2.29. The number of hydrogen-bond acceptors (Lipinski definition) is 5. The minimum absolute atomic E-state index is 0.113. The molecule has 1 aliphatic rings. The molecule has 0 atom stereocenters. The molecule has 0 spiro atoms. The Balaban J connectivity index is 0.00000107. The number of pyridine rings is 1. The second-order valence-electron chi connectivity index (χ2n) is 9.22. The summed E-state index contributed by atoms with van der Waals surface area (Å²) in [6.45, 7) is 10.4. The van der Waals surface area contributed by atoms with Gasteiger partial charge in [-0.3, -0.25) is 9.78 Å². The number of carbonyl (C=O) groups is 2. The number of urea groups is 1. The second kappa shape index (κ2) is 19.4. The van der Waals surface area contributed by atoms with Gasteiger partial charge in [-0.05, 0) is 31.2 Å². The van der Waals surface area contributed by atoms with Crippen LogP contribution in [0.25, 0.3) is 0 Å². The van der Waals surface area contributed by atoms with E-state index in [-0.39, 0.29) is 12.1 Å². The van der Waals surface area contributed by atoms with E-state index in [1.165, 1.54) is 11.2 Å². The van der Waals surface area contributed by atoms with E-state index in [9.17, 15) is 9.59 Å². The number of halogens is 2. The van der Waals surface area contributed by atoms with E-state index in [0.29, 0.717) is 55.4 Å². The van der Waals surface area contributed by atoms with Crippen LogP contribution in [0.3, 0.4) is 0 Å². The summed E-state index contributed by atoms with van der Waals surface area (Å²) >= 11 is 12.3. The van der Waals surface area contributed by atoms with Crippen LogP contribution in [-0.2, 0) is 9.53 Å². The maximum absolute atomic E-state index is 13.2. The predicted molar refractivity (Wildman–Crippen MR) is 157 cm³/mol. The Labute approximate surface area is 237 Å². The van der Waals surface area contributed by atoms with Gasteiger partial charge in [0.2, 0.25) is 6.41 Å². The number of rotatable bonds is 12. The van der Waals surface area contributed by atoms with Gasteiger partial charge in [-0.2, -0.15) is 5.10 Å². The van der Waals surface area contributed by atoms with E-state index in [1.54, 1.807) is 48.5 Å². The van der Waals surface area contributed by atoms with Crippen LogP contribution in [0.1, 0.15) is 45.1 Å². The van der Waals surface area contributed by atoms with E-state index in [2.05, 4.69) is 30.5 Å². The number of aromatic nitrogens is 1. The van der Waals surface area contributed by atoms with Crippen LogP contribution in [0, 0.1) is 5.92 Å². The van der Waals surface area contributed by atoms with E-state index in [0.717, 1.165) is 24.5 Å². The number of methoxy groups -OCH3 is 1. The van der Waals surface area contributed by atoms with Gasteiger partial charge in [-0.25, -0.2) is 9.80 Å². The average molecular weight is 567 g/mol. The summed E-state index contributed by atoms with van der Waals surface area (Å²) in [5.41, 5.74) is 0.674. The first kappa shape index (κ1) is 33.3. The van der Waals surface area contributed by atoms with Gasteiger partial charge in [0.25, 0.3) is 0 Å². The number of nitrogens with zero attached hydrogens (tertiary/aromatic N) is 5. The minimum Gasteiger partial charge on any atom is -0.384 e. The third kappa shape index (κ3) is 13.2. The number of amides is 3. The first-order chi connectivity index (χ1) is 18.2. The quantitative estimate of drug-likeness (QED) is 0.135. The lowest BCUT2D eigenvalue weighted by molar-refractivity contribution is -0.119. The second-order valence-corrected chi connectivity index (χ2v) is 10.1. The highest BCUT2D eigenvalue weighted by molar-refractivity contribution is 6.32. The molecular formula is C28H41Cl2N5O3. The molecule has 2 heterocycles. The van der Waals surface area contributed by atoms with Crippen molar-refractivity contribution in [3.05, 3.63) is 65.0 Å². The monoisotopic (exact) mass is 565 g/mol. The summed E-state index contributed by atoms with van der Waals surface area (Å²) in [5.74, 6) is 0.676. The number of carbonyl (C=O) groups excluding carboxylic acids is 2. The third-order valence-corrected chi connectivity index (χ3v) is 6.13. The molecule has 38 heavy (non-hydrogen) atoms. The molecule has 1 aliphatic heterocycles. The van der Waals surface area contributed by atoms with Gasteiger partial charge in [-0.15, -0.1) is 6.58 Å². The van der Waals surface area contributed by atoms with Crippen molar-refractivity contribution in [1.29, 1.82) is 0 Å². The molecule has 2 rings (SSSR count). The zero-order valence-corrected chi connectivity index (χ0v) is 24.4. The van der Waals surface area contributed by atoms with Gasteiger partial charge in [0.15, 0.2) is 0 Å². The summed E-state index contributed by atoms with van der Waals surface area (Å²) in [7, 11) is 3.45. The molecule has 10 heteroatoms. The number of hydrazone groups is 1. The molecule has 0 unspecified atom stereocenters. The van der Waals surface area contributed by atoms with Gasteiger partial charge in [0.1, 0.15) is 0 Å². The van der Waals surface area contributed by atoms with Crippen LogP contribution in [0.2, 0.25) is 5.02 Å². The van der Waals surface area contributed by atoms with Crippen molar-refractivity contribution in [1.82, 2.24) is 19.8 Å². The maximum atomic E-state index is 13.2. The van der Waals surface area contributed by atoms with Crippen LogP contribution in [0.4, 0.5) is 4.79 Å². The molecule has 1 fully saturated rings. The molecule has 0 N–H and O–H groups in total. The molecule has 1 aromatic heterocycles. The maximum Gasteiger partial charge on any atom is 0.340 e. The number of likely N-dealkylation sites (tertiary alicyclic amines) is 1. The standard InChI is InChI=1S/C23H29Cl2N5O2.C5H12O/c1-3-4-7-20(24)8-5-6-13-28(2)23(32)30(21-10-14-29(18-31)15-11-21)27-16-19-9-12-26-17-22(19)25;1-5(2)4-6-3/h3,5-7,9,12,16-18,21H,1,4,8,10-11,13-15H2,2H3;5H,4H2,1-3H3/b6-5-,20-7+,27-16+;. The Morgan fingerprint density at radius 1 is 1.34 bits per heavy atom. The zero-order valence-electron chi connectivity index (χ0n) is 22.9. The van der Waals surface area contributed by atoms with Gasteiger partial charge in [-0.1, -0.05) is 61.4 Å². The number of ether oxygens (including phenoxy) is 1. The Morgan fingerprint density at radius 2 is 2.05 bits per heavy atom. The van der Waals surface area contributed by atoms with Gasteiger partial charge < -0.3 is 14.5 Å². The smallest absolute Gasteiger partial charge is 0.340 e. The van der Waals surface area contributed by atoms with Crippen molar-refractivity contribution in [2.75, 3.05) is 40.4 Å². The molecule has 0 aromatic carbocycles. The molecule has 1 aromatic rings. The first-order valence-corrected chi connectivity index (χ1v) is 13.5. The largest absolute Gasteiger partial charge is 0.384 e. The summed E-state index contributed by atoms with van der Waals surface area (Å²) in [5, 5.41) is 7.15. The number of hydrogen-bond donors (Lipinski definition) is 0. The van der Waals surface area contributed by atoms with Crippen LogP contribution in [0.15, 0.2) is 59.5 Å². The van der Waals surface area contributed by atoms with Crippen LogP contribution in [-0.4, -0.2) is 84.9 Å². The molecule has 8 nitrogen and oxygen atoms in total. The Hall–Kier alpha value is -2.68. The fourth-order valence-corrected chi connectivity index (χ4v) is 3.81. The van der Waals surface area contributed by atoms with Crippen molar-refractivity contribution in [3.8, 4) is 0 Å². The molecule has 0 bridgehead atoms. The summed E-state index contributed by atoms with van der Waals surface area (Å²) < 4.78 is 4.80. The molecular weight excluding hydrogens is 525 g/mol. The van der Waals surface area contributed by atoms with Gasteiger partial charge in [0.05, 0.1) is 17.3 Å². The van der Waals surface area contributed by atoms with Crippen molar-refractivity contribution in [3.63, 3.8) is 0 Å². The number of likely N-dealkylation sites (N-methyl/N-ethyl adjacent to an activating group) is 1. The van der Waals surface area contributed by atoms with Crippen LogP contribution < -0.4 is 0 Å². The Morgan fingerprint density at radius 3 is 2.61 bits per heavy atom. The molecule has 3 amide bonds. The molecule has 0 radical (unpaired) electrons. The lowest BCUT2D eigenvalue weighted by Crippen LogP contribution is -2.48. The minimum atomic E-state index is -0.228. The first-order valence-electron chi connectivity index (χ1n) is 12.7. The van der Waals surface area contributed by atoms with Crippen LogP contribution >= 0.6 is 23.2 Å². The van der Waals surface area contributed by atoms with Crippen molar-refractivity contribution in [2.45, 2.75) is 45.6 Å². The van der Waals surface area contributed by atoms with E-state index >= 15 is 0 Å². The summed E-state index contributed by atoms with van der Waals surface area (Å²) in [4.78, 5) is 31.5. The summed E-state index contributed by atoms with van der Waals surface area (Å²) in [6, 6.07) is 1.40. The Bertz CT molecular complexity index is 944. The molecule has 210 valence electrons. The number of allylic oxidation sites excluding steroid dienone is 4. The molecule has 0 saturated carbocycles. The average Bonchev–Trinajstić information content (AvgIpc) is 2.91. The fourth-order valence-electron chi connectivity index (χ4n) is 3.46. The van der Waals surface area contributed by atoms with Gasteiger partial charge >= 0.3 is 6.03 Å². The van der Waals surface area contributed by atoms with Crippen LogP contribution in [0.5, 0.6) is 0 Å². The lowest BCUT2D eigenvalue weighted by atomic mass is 10.1. The molecule has 1 saturated heterocycles. The van der Waals surface area contributed by atoms with E-state index in [1.807, 2.05) is 18.2 Å². The van der Waals surface area contributed by atoms with Crippen molar-refractivity contribution in [2.24, 2.45) is 11.0 Å². The Kier molecular flexibility index (Phi) is 17.0. The lowest BCUT2D eigenvalue weighted by Gasteiger charge is -2.35. The molecule has 0 aliphatic carbocycles. The predicted octanol–water partition coefficient (Wildman–Crippen LogP) is 5.98. The summed E-state index contributed by atoms with van der Waals surface area (Å²) in [6.07, 6.45) is 15.7. The third-order valence-electron chi connectivity index (χ3n) is 5.51.